The van der Waals surface area contributed by atoms with Crippen molar-refractivity contribution in [3.8, 4) is 0 Å². The minimum absolute atomic E-state index is 0. The Bertz CT molecular complexity index is 693. The molecule has 2 fully saturated rings. The Kier molecular flexibility index (Phi) is 9.82. The SMILES string of the molecule is CN=C(NCC(c1cnn(C)c1)N(C)C)N1CCN(CC(=O)N2CCCC2)CC1.I. The molecule has 9 nitrogen and oxygen atoms in total. The fourth-order valence-electron chi connectivity index (χ4n) is 4.11. The van der Waals surface area contributed by atoms with Crippen LogP contribution in [0, 0.1) is 0 Å². The first-order chi connectivity index (χ1) is 14.0. The summed E-state index contributed by atoms with van der Waals surface area (Å²) in [7, 11) is 7.94. The van der Waals surface area contributed by atoms with Crippen LogP contribution in [-0.2, 0) is 11.8 Å². The van der Waals surface area contributed by atoms with Gasteiger partial charge in [-0.25, -0.2) is 0 Å². The van der Waals surface area contributed by atoms with Crippen LogP contribution < -0.4 is 5.32 Å². The van der Waals surface area contributed by atoms with E-state index in [1.54, 1.807) is 0 Å². The second-order valence-electron chi connectivity index (χ2n) is 8.21. The Labute approximate surface area is 197 Å². The smallest absolute Gasteiger partial charge is 0.236 e. The second-order valence-corrected chi connectivity index (χ2v) is 8.21. The van der Waals surface area contributed by atoms with E-state index < -0.39 is 0 Å². The largest absolute Gasteiger partial charge is 0.354 e. The molecule has 1 aromatic rings. The quantitative estimate of drug-likeness (QED) is 0.326. The Morgan fingerprint density at radius 3 is 2.37 bits per heavy atom. The van der Waals surface area contributed by atoms with Crippen LogP contribution in [0.1, 0.15) is 24.4 Å². The summed E-state index contributed by atoms with van der Waals surface area (Å²) < 4.78 is 1.84. The van der Waals surface area contributed by atoms with Gasteiger partial charge in [0.1, 0.15) is 0 Å². The monoisotopic (exact) mass is 532 g/mol. The van der Waals surface area contributed by atoms with Crippen molar-refractivity contribution in [3.63, 3.8) is 0 Å². The molecule has 170 valence electrons. The van der Waals surface area contributed by atoms with Crippen molar-refractivity contribution in [1.29, 1.82) is 0 Å². The van der Waals surface area contributed by atoms with Gasteiger partial charge in [0.2, 0.25) is 5.91 Å². The van der Waals surface area contributed by atoms with E-state index in [0.717, 1.165) is 64.6 Å². The predicted octanol–water partition coefficient (Wildman–Crippen LogP) is 0.456. The highest BCUT2D eigenvalue weighted by molar-refractivity contribution is 14.0. The number of aromatic nitrogens is 2. The molecule has 2 aliphatic rings. The van der Waals surface area contributed by atoms with E-state index >= 15 is 0 Å². The second kappa shape index (κ2) is 11.8. The zero-order chi connectivity index (χ0) is 20.8. The van der Waals surface area contributed by atoms with Crippen LogP contribution in [0.4, 0.5) is 0 Å². The van der Waals surface area contributed by atoms with Crippen LogP contribution in [-0.4, -0.2) is 115 Å². The number of hydrogen-bond donors (Lipinski definition) is 1. The van der Waals surface area contributed by atoms with E-state index in [1.807, 2.05) is 29.9 Å². The van der Waals surface area contributed by atoms with E-state index in [1.165, 1.54) is 5.56 Å². The predicted molar refractivity (Wildman–Crippen MR) is 130 cm³/mol. The maximum atomic E-state index is 12.4. The molecule has 3 rings (SSSR count). The molecule has 0 aliphatic carbocycles. The fourth-order valence-corrected chi connectivity index (χ4v) is 4.11. The Balaban J connectivity index is 0.00000320. The number of likely N-dealkylation sites (N-methyl/N-ethyl adjacent to an activating group) is 1. The number of aliphatic imine (C=N–C) groups is 1. The van der Waals surface area contributed by atoms with E-state index in [-0.39, 0.29) is 35.9 Å². The van der Waals surface area contributed by atoms with E-state index in [4.69, 9.17) is 0 Å². The number of carbonyl (C=O) groups is 1. The van der Waals surface area contributed by atoms with Crippen molar-refractivity contribution >= 4 is 35.8 Å². The summed E-state index contributed by atoms with van der Waals surface area (Å²) in [5, 5.41) is 7.83. The summed E-state index contributed by atoms with van der Waals surface area (Å²) in [5.41, 5.74) is 1.19. The lowest BCUT2D eigenvalue weighted by Gasteiger charge is -2.37. The van der Waals surface area contributed by atoms with Gasteiger partial charge >= 0.3 is 0 Å². The molecule has 10 heteroatoms. The molecule has 0 radical (unpaired) electrons. The lowest BCUT2D eigenvalue weighted by Crippen LogP contribution is -2.54. The maximum Gasteiger partial charge on any atom is 0.236 e. The first-order valence-electron chi connectivity index (χ1n) is 10.6. The van der Waals surface area contributed by atoms with Gasteiger partial charge in [0, 0.05) is 71.7 Å². The van der Waals surface area contributed by atoms with Gasteiger partial charge in [0.25, 0.3) is 0 Å². The van der Waals surface area contributed by atoms with Gasteiger partial charge in [-0.2, -0.15) is 5.10 Å². The van der Waals surface area contributed by atoms with Gasteiger partial charge in [-0.1, -0.05) is 0 Å². The van der Waals surface area contributed by atoms with Gasteiger partial charge in [-0.3, -0.25) is 19.4 Å². The summed E-state index contributed by atoms with van der Waals surface area (Å²) >= 11 is 0. The van der Waals surface area contributed by atoms with Crippen molar-refractivity contribution in [2.45, 2.75) is 18.9 Å². The van der Waals surface area contributed by atoms with E-state index in [9.17, 15) is 4.79 Å². The molecule has 0 spiro atoms. The number of piperazine rings is 1. The molecular weight excluding hydrogens is 495 g/mol. The maximum absolute atomic E-state index is 12.4. The van der Waals surface area contributed by atoms with Crippen LogP contribution in [0.15, 0.2) is 17.4 Å². The number of carbonyl (C=O) groups excluding carboxylic acids is 1. The lowest BCUT2D eigenvalue weighted by molar-refractivity contribution is -0.131. The Hall–Kier alpha value is -1.40. The van der Waals surface area contributed by atoms with Crippen molar-refractivity contribution < 1.29 is 4.79 Å². The Morgan fingerprint density at radius 1 is 1.17 bits per heavy atom. The van der Waals surface area contributed by atoms with Gasteiger partial charge in [0.15, 0.2) is 5.96 Å². The highest BCUT2D eigenvalue weighted by Crippen LogP contribution is 2.16. The standard InChI is InChI=1S/C20H36N8O.HI/c1-21-20(22-14-18(24(2)3)17-13-23-25(4)15-17)28-11-9-26(10-12-28)16-19(29)27-7-5-6-8-27;/h13,15,18H,5-12,14,16H2,1-4H3,(H,21,22);1H. The number of amides is 1. The van der Waals surface area contributed by atoms with Gasteiger partial charge in [0.05, 0.1) is 18.8 Å². The highest BCUT2D eigenvalue weighted by atomic mass is 127. The minimum Gasteiger partial charge on any atom is -0.354 e. The third-order valence-corrected chi connectivity index (χ3v) is 5.89. The number of guanidine groups is 1. The van der Waals surface area contributed by atoms with E-state index in [2.05, 4.69) is 50.4 Å². The molecule has 2 saturated heterocycles. The van der Waals surface area contributed by atoms with Gasteiger partial charge in [-0.05, 0) is 26.9 Å². The van der Waals surface area contributed by atoms with Crippen LogP contribution in [0.3, 0.4) is 0 Å². The summed E-state index contributed by atoms with van der Waals surface area (Å²) in [6, 6.07) is 0.222. The molecule has 1 N–H and O–H groups in total. The number of rotatable bonds is 6. The number of halogens is 1. The first-order valence-corrected chi connectivity index (χ1v) is 10.6. The van der Waals surface area contributed by atoms with Crippen molar-refractivity contribution in [3.05, 3.63) is 18.0 Å². The Morgan fingerprint density at radius 2 is 1.83 bits per heavy atom. The normalized spacial score (nSPS) is 19.2. The third-order valence-electron chi connectivity index (χ3n) is 5.89. The molecular formula is C20H37IN8O. The number of likely N-dealkylation sites (tertiary alicyclic amines) is 1. The lowest BCUT2D eigenvalue weighted by atomic mass is 10.1. The number of hydrogen-bond acceptors (Lipinski definition) is 5. The first kappa shape index (κ1) is 24.9. The van der Waals surface area contributed by atoms with Crippen LogP contribution >= 0.6 is 24.0 Å². The molecule has 1 amide bonds. The number of nitrogens with zero attached hydrogens (tertiary/aromatic N) is 7. The van der Waals surface area contributed by atoms with Crippen LogP contribution in [0.2, 0.25) is 0 Å². The molecule has 1 unspecified atom stereocenters. The van der Waals surface area contributed by atoms with Crippen molar-refractivity contribution in [2.75, 3.05) is 73.5 Å². The molecule has 30 heavy (non-hydrogen) atoms. The summed E-state index contributed by atoms with van der Waals surface area (Å²) in [6.07, 6.45) is 6.28. The van der Waals surface area contributed by atoms with Crippen LogP contribution in [0.5, 0.6) is 0 Å². The summed E-state index contributed by atoms with van der Waals surface area (Å²) in [5.74, 6) is 1.20. The minimum atomic E-state index is 0. The van der Waals surface area contributed by atoms with Crippen LogP contribution in [0.25, 0.3) is 0 Å². The number of nitrogens with one attached hydrogen (secondary N) is 1. The molecule has 1 atom stereocenters. The van der Waals surface area contributed by atoms with Gasteiger partial charge < -0.3 is 20.0 Å². The molecule has 2 aliphatic heterocycles. The molecule has 0 bridgehead atoms. The average molecular weight is 532 g/mol. The fraction of sp³-hybridized carbons (Fsp3) is 0.750. The molecule has 0 aromatic carbocycles. The highest BCUT2D eigenvalue weighted by Gasteiger charge is 2.25. The van der Waals surface area contributed by atoms with Crippen molar-refractivity contribution in [2.24, 2.45) is 12.0 Å². The zero-order valence-electron chi connectivity index (χ0n) is 18.8. The van der Waals surface area contributed by atoms with E-state index in [0.29, 0.717) is 6.54 Å². The molecule has 0 saturated carbocycles. The average Bonchev–Trinajstić information content (AvgIpc) is 3.38. The van der Waals surface area contributed by atoms with Gasteiger partial charge in [-0.15, -0.1) is 24.0 Å². The molecule has 3 heterocycles. The zero-order valence-corrected chi connectivity index (χ0v) is 21.1. The topological polar surface area (TPSA) is 72.2 Å². The summed E-state index contributed by atoms with van der Waals surface area (Å²) in [6.45, 7) is 6.71. The summed E-state index contributed by atoms with van der Waals surface area (Å²) in [4.78, 5) is 25.6. The molecule has 1 aromatic heterocycles. The number of aryl methyl sites for hydroxylation is 1. The third kappa shape index (κ3) is 6.55. The van der Waals surface area contributed by atoms with Crippen molar-refractivity contribution in [1.82, 2.24) is 34.7 Å².